The first-order valence-corrected chi connectivity index (χ1v) is 4.96. The molecule has 0 heterocycles. The van der Waals surface area contributed by atoms with Crippen molar-refractivity contribution in [2.45, 2.75) is 13.3 Å². The summed E-state index contributed by atoms with van der Waals surface area (Å²) in [6, 6.07) is 9.82. The van der Waals surface area contributed by atoms with E-state index >= 15 is 0 Å². The minimum Gasteiger partial charge on any atom is -0.494 e. The highest BCUT2D eigenvalue weighted by Gasteiger charge is 1.91. The van der Waals surface area contributed by atoms with Crippen LogP contribution in [0.25, 0.3) is 0 Å². The second-order valence-corrected chi connectivity index (χ2v) is 2.84. The average Bonchev–Trinajstić information content (AvgIpc) is 2.25. The van der Waals surface area contributed by atoms with E-state index in [0.717, 1.165) is 18.7 Å². The van der Waals surface area contributed by atoms with Crippen molar-refractivity contribution < 1.29 is 9.57 Å². The highest BCUT2D eigenvalue weighted by atomic mass is 16.6. The van der Waals surface area contributed by atoms with E-state index in [9.17, 15) is 0 Å². The summed E-state index contributed by atoms with van der Waals surface area (Å²) in [4.78, 5) is 4.98. The van der Waals surface area contributed by atoms with Crippen LogP contribution in [0.1, 0.15) is 13.3 Å². The van der Waals surface area contributed by atoms with Crippen LogP contribution < -0.4 is 10.2 Å². The van der Waals surface area contributed by atoms with Crippen molar-refractivity contribution in [3.8, 4) is 5.75 Å². The second-order valence-electron chi connectivity index (χ2n) is 2.84. The number of hydrogen-bond donors (Lipinski definition) is 1. The molecule has 0 aliphatic heterocycles. The lowest BCUT2D eigenvalue weighted by molar-refractivity contribution is 0.0481. The topological polar surface area (TPSA) is 30.5 Å². The number of hydroxylamine groups is 1. The number of hydrogen-bond acceptors (Lipinski definition) is 3. The fourth-order valence-electron chi connectivity index (χ4n) is 1.03. The number of rotatable bonds is 7. The second kappa shape index (κ2) is 7.35. The Hall–Kier alpha value is -1.06. The molecule has 1 rings (SSSR count). The molecule has 1 aromatic carbocycles. The van der Waals surface area contributed by atoms with Crippen LogP contribution in [0, 0.1) is 0 Å². The van der Waals surface area contributed by atoms with Crippen molar-refractivity contribution in [3.05, 3.63) is 30.3 Å². The Labute approximate surface area is 85.0 Å². The molecular formula is C11H17NO2. The Morgan fingerprint density at radius 1 is 1.21 bits per heavy atom. The Morgan fingerprint density at radius 3 is 2.71 bits per heavy atom. The van der Waals surface area contributed by atoms with E-state index in [-0.39, 0.29) is 0 Å². The molecule has 0 aliphatic carbocycles. The fraction of sp³-hybridized carbons (Fsp3) is 0.455. The molecule has 3 nitrogen and oxygen atoms in total. The standard InChI is InChI=1S/C11H17NO2/c1-2-14-12-9-6-10-13-11-7-4-3-5-8-11/h3-5,7-8,12H,2,6,9-10H2,1H3. The molecule has 0 bridgehead atoms. The van der Waals surface area contributed by atoms with Crippen LogP contribution in [-0.2, 0) is 4.84 Å². The largest absolute Gasteiger partial charge is 0.494 e. The molecule has 3 heteroatoms. The van der Waals surface area contributed by atoms with Gasteiger partial charge in [-0.15, -0.1) is 0 Å². The molecule has 78 valence electrons. The maximum atomic E-state index is 5.49. The number of benzene rings is 1. The lowest BCUT2D eigenvalue weighted by atomic mass is 10.3. The van der Waals surface area contributed by atoms with Gasteiger partial charge >= 0.3 is 0 Å². The van der Waals surface area contributed by atoms with Crippen LogP contribution in [0.5, 0.6) is 5.75 Å². The van der Waals surface area contributed by atoms with Crippen LogP contribution in [-0.4, -0.2) is 19.8 Å². The Morgan fingerprint density at radius 2 is 2.00 bits per heavy atom. The van der Waals surface area contributed by atoms with Crippen molar-refractivity contribution in [2.24, 2.45) is 0 Å². The molecule has 0 aliphatic rings. The number of nitrogens with one attached hydrogen (secondary N) is 1. The summed E-state index contributed by atoms with van der Waals surface area (Å²) in [5, 5.41) is 0. The van der Waals surface area contributed by atoms with Gasteiger partial charge in [0, 0.05) is 6.54 Å². The van der Waals surface area contributed by atoms with Gasteiger partial charge in [0.1, 0.15) is 5.75 Å². The third kappa shape index (κ3) is 4.84. The lowest BCUT2D eigenvalue weighted by Crippen LogP contribution is -2.17. The summed E-state index contributed by atoms with van der Waals surface area (Å²) in [6.07, 6.45) is 0.939. The molecule has 1 N–H and O–H groups in total. The molecule has 0 atom stereocenters. The van der Waals surface area contributed by atoms with Crippen LogP contribution in [0.15, 0.2) is 30.3 Å². The maximum absolute atomic E-state index is 5.49. The molecule has 0 saturated heterocycles. The van der Waals surface area contributed by atoms with Crippen molar-refractivity contribution in [3.63, 3.8) is 0 Å². The quantitative estimate of drug-likeness (QED) is 0.533. The zero-order valence-electron chi connectivity index (χ0n) is 8.53. The van der Waals surface area contributed by atoms with Crippen molar-refractivity contribution in [1.82, 2.24) is 5.48 Å². The molecule has 0 amide bonds. The summed E-state index contributed by atoms with van der Waals surface area (Å²) in [5.41, 5.74) is 2.84. The molecule has 0 radical (unpaired) electrons. The number of ether oxygens (including phenoxy) is 1. The van der Waals surface area contributed by atoms with Gasteiger partial charge in [0.25, 0.3) is 0 Å². The zero-order valence-corrected chi connectivity index (χ0v) is 8.53. The van der Waals surface area contributed by atoms with Crippen molar-refractivity contribution in [2.75, 3.05) is 19.8 Å². The van der Waals surface area contributed by atoms with Crippen molar-refractivity contribution in [1.29, 1.82) is 0 Å². The highest BCUT2D eigenvalue weighted by molar-refractivity contribution is 5.20. The van der Waals surface area contributed by atoms with Gasteiger partial charge in [0.15, 0.2) is 0 Å². The smallest absolute Gasteiger partial charge is 0.119 e. The first kappa shape index (κ1) is 11.0. The number of para-hydroxylation sites is 1. The normalized spacial score (nSPS) is 10.1. The lowest BCUT2D eigenvalue weighted by Gasteiger charge is -2.06. The van der Waals surface area contributed by atoms with Gasteiger partial charge in [0.2, 0.25) is 0 Å². The van der Waals surface area contributed by atoms with E-state index in [1.54, 1.807) is 0 Å². The van der Waals surface area contributed by atoms with Gasteiger partial charge in [-0.05, 0) is 25.5 Å². The zero-order chi connectivity index (χ0) is 10.1. The van der Waals surface area contributed by atoms with Crippen molar-refractivity contribution >= 4 is 0 Å². The van der Waals surface area contributed by atoms with Crippen LogP contribution in [0.4, 0.5) is 0 Å². The molecule has 14 heavy (non-hydrogen) atoms. The van der Waals surface area contributed by atoms with Gasteiger partial charge < -0.3 is 9.57 Å². The molecule has 1 aromatic rings. The van der Waals surface area contributed by atoms with Gasteiger partial charge in [-0.2, -0.15) is 0 Å². The van der Waals surface area contributed by atoms with Gasteiger partial charge in [-0.3, -0.25) is 0 Å². The molecule has 0 fully saturated rings. The first-order valence-electron chi connectivity index (χ1n) is 4.96. The van der Waals surface area contributed by atoms with E-state index in [2.05, 4.69) is 5.48 Å². The minimum absolute atomic E-state index is 0.694. The van der Waals surface area contributed by atoms with E-state index in [1.807, 2.05) is 37.3 Å². The Balaban J connectivity index is 1.99. The van der Waals surface area contributed by atoms with E-state index in [0.29, 0.717) is 13.2 Å². The predicted molar refractivity (Wildman–Crippen MR) is 56.2 cm³/mol. The van der Waals surface area contributed by atoms with E-state index in [1.165, 1.54) is 0 Å². The summed E-state index contributed by atoms with van der Waals surface area (Å²) in [7, 11) is 0. The average molecular weight is 195 g/mol. The molecular weight excluding hydrogens is 178 g/mol. The van der Waals surface area contributed by atoms with Gasteiger partial charge in [-0.25, -0.2) is 5.48 Å². The fourth-order valence-corrected chi connectivity index (χ4v) is 1.03. The van der Waals surface area contributed by atoms with Crippen LogP contribution in [0.3, 0.4) is 0 Å². The van der Waals surface area contributed by atoms with Crippen LogP contribution in [0.2, 0.25) is 0 Å². The maximum Gasteiger partial charge on any atom is 0.119 e. The Bertz CT molecular complexity index is 226. The molecule has 0 saturated carbocycles. The SMILES string of the molecule is CCONCCCOc1ccccc1. The van der Waals surface area contributed by atoms with Gasteiger partial charge in [-0.1, -0.05) is 18.2 Å². The third-order valence-electron chi connectivity index (χ3n) is 1.68. The molecule has 0 unspecified atom stereocenters. The molecule has 0 aromatic heterocycles. The Kier molecular flexibility index (Phi) is 5.79. The summed E-state index contributed by atoms with van der Waals surface area (Å²) in [6.45, 7) is 4.18. The van der Waals surface area contributed by atoms with Gasteiger partial charge in [0.05, 0.1) is 13.2 Å². The van der Waals surface area contributed by atoms with E-state index in [4.69, 9.17) is 9.57 Å². The van der Waals surface area contributed by atoms with Crippen LogP contribution >= 0.6 is 0 Å². The summed E-state index contributed by atoms with van der Waals surface area (Å²) < 4.78 is 5.49. The summed E-state index contributed by atoms with van der Waals surface area (Å²) >= 11 is 0. The third-order valence-corrected chi connectivity index (χ3v) is 1.68. The minimum atomic E-state index is 0.694. The summed E-state index contributed by atoms with van der Waals surface area (Å²) in [5.74, 6) is 0.920. The monoisotopic (exact) mass is 195 g/mol. The first-order chi connectivity index (χ1) is 6.93. The molecule has 0 spiro atoms. The van der Waals surface area contributed by atoms with E-state index < -0.39 is 0 Å². The highest BCUT2D eigenvalue weighted by Crippen LogP contribution is 2.07. The predicted octanol–water partition coefficient (Wildman–Crippen LogP) is 2.00.